The Morgan fingerprint density at radius 3 is 2.41 bits per heavy atom. The zero-order valence-electron chi connectivity index (χ0n) is 18.6. The second-order valence-electron chi connectivity index (χ2n) is 8.19. The SMILES string of the molecule is Nc1nc(N2CCN(C(=O)CCc3ccccc3)CC2)c2nc(-c3ccc(F)cc3)cnc2n1. The number of hydrogen-bond acceptors (Lipinski definition) is 7. The largest absolute Gasteiger partial charge is 0.368 e. The molecule has 9 heteroatoms. The topological polar surface area (TPSA) is 101 Å². The Bertz CT molecular complexity index is 1310. The van der Waals surface area contributed by atoms with Crippen LogP contribution in [-0.4, -0.2) is 56.9 Å². The highest BCUT2D eigenvalue weighted by Gasteiger charge is 2.24. The van der Waals surface area contributed by atoms with Gasteiger partial charge in [-0.15, -0.1) is 0 Å². The lowest BCUT2D eigenvalue weighted by Gasteiger charge is -2.35. The molecule has 4 aromatic rings. The average molecular weight is 458 g/mol. The van der Waals surface area contributed by atoms with Crippen molar-refractivity contribution in [1.29, 1.82) is 0 Å². The lowest BCUT2D eigenvalue weighted by molar-refractivity contribution is -0.131. The van der Waals surface area contributed by atoms with Crippen LogP contribution in [0.25, 0.3) is 22.4 Å². The highest BCUT2D eigenvalue weighted by Crippen LogP contribution is 2.26. The van der Waals surface area contributed by atoms with Gasteiger partial charge in [-0.05, 0) is 36.2 Å². The van der Waals surface area contributed by atoms with Gasteiger partial charge in [0.1, 0.15) is 5.82 Å². The summed E-state index contributed by atoms with van der Waals surface area (Å²) in [7, 11) is 0. The summed E-state index contributed by atoms with van der Waals surface area (Å²) >= 11 is 0. The molecule has 1 amide bonds. The normalized spacial score (nSPS) is 13.9. The standard InChI is InChI=1S/C25H24FN7O/c26-19-9-7-18(8-10-19)20-16-28-23-22(29-20)24(31-25(27)30-23)33-14-12-32(13-15-33)21(34)11-6-17-4-2-1-3-5-17/h1-5,7-10,16H,6,11-15H2,(H2,27,28,30,31). The van der Waals surface area contributed by atoms with Gasteiger partial charge in [-0.3, -0.25) is 4.79 Å². The van der Waals surface area contributed by atoms with Gasteiger partial charge in [0.25, 0.3) is 0 Å². The third-order valence-corrected chi connectivity index (χ3v) is 5.95. The zero-order chi connectivity index (χ0) is 23.5. The van der Waals surface area contributed by atoms with Gasteiger partial charge < -0.3 is 15.5 Å². The van der Waals surface area contributed by atoms with E-state index in [9.17, 15) is 9.18 Å². The Balaban J connectivity index is 1.32. The van der Waals surface area contributed by atoms with Crippen molar-refractivity contribution in [2.45, 2.75) is 12.8 Å². The van der Waals surface area contributed by atoms with Crippen LogP contribution in [0.1, 0.15) is 12.0 Å². The fourth-order valence-electron chi connectivity index (χ4n) is 4.11. The van der Waals surface area contributed by atoms with Crippen molar-refractivity contribution in [3.63, 3.8) is 0 Å². The van der Waals surface area contributed by atoms with Crippen LogP contribution in [0.4, 0.5) is 16.2 Å². The van der Waals surface area contributed by atoms with E-state index >= 15 is 0 Å². The first-order valence-corrected chi connectivity index (χ1v) is 11.2. The molecule has 2 N–H and O–H groups in total. The number of fused-ring (bicyclic) bond motifs is 1. The first kappa shape index (κ1) is 21.7. The number of nitrogens with zero attached hydrogens (tertiary/aromatic N) is 6. The summed E-state index contributed by atoms with van der Waals surface area (Å²) in [6.07, 6.45) is 2.81. The Hall–Kier alpha value is -4.14. The summed E-state index contributed by atoms with van der Waals surface area (Å²) in [5.41, 5.74) is 9.37. The Morgan fingerprint density at radius 1 is 0.941 bits per heavy atom. The predicted octanol–water partition coefficient (Wildman–Crippen LogP) is 3.09. The molecule has 2 aromatic heterocycles. The number of halogens is 1. The van der Waals surface area contributed by atoms with Crippen molar-refractivity contribution in [3.05, 3.63) is 72.2 Å². The van der Waals surface area contributed by atoms with Crippen molar-refractivity contribution in [3.8, 4) is 11.3 Å². The Labute approximate surface area is 196 Å². The summed E-state index contributed by atoms with van der Waals surface area (Å²) in [4.78, 5) is 34.5. The van der Waals surface area contributed by atoms with Crippen LogP contribution in [0.3, 0.4) is 0 Å². The fourth-order valence-corrected chi connectivity index (χ4v) is 4.11. The summed E-state index contributed by atoms with van der Waals surface area (Å²) in [5.74, 6) is 0.544. The van der Waals surface area contributed by atoms with Crippen molar-refractivity contribution in [1.82, 2.24) is 24.8 Å². The van der Waals surface area contributed by atoms with E-state index in [1.54, 1.807) is 18.3 Å². The fraction of sp³-hybridized carbons (Fsp3) is 0.240. The molecular formula is C25H24FN7O. The molecule has 0 saturated carbocycles. The molecule has 1 aliphatic rings. The van der Waals surface area contributed by atoms with E-state index in [1.807, 2.05) is 35.2 Å². The number of benzene rings is 2. The summed E-state index contributed by atoms with van der Waals surface area (Å²) in [5, 5.41) is 0. The molecule has 0 unspecified atom stereocenters. The van der Waals surface area contributed by atoms with Gasteiger partial charge in [0.2, 0.25) is 11.9 Å². The molecule has 8 nitrogen and oxygen atoms in total. The quantitative estimate of drug-likeness (QED) is 0.491. The van der Waals surface area contributed by atoms with Crippen LogP contribution in [0, 0.1) is 5.82 Å². The third-order valence-electron chi connectivity index (χ3n) is 5.95. The number of piperazine rings is 1. The minimum Gasteiger partial charge on any atom is -0.368 e. The van der Waals surface area contributed by atoms with Crippen LogP contribution < -0.4 is 10.6 Å². The van der Waals surface area contributed by atoms with Gasteiger partial charge in [0.15, 0.2) is 17.0 Å². The van der Waals surface area contributed by atoms with Crippen molar-refractivity contribution >= 4 is 28.8 Å². The third kappa shape index (κ3) is 4.63. The van der Waals surface area contributed by atoms with E-state index in [2.05, 4.69) is 19.9 Å². The van der Waals surface area contributed by atoms with Gasteiger partial charge in [-0.25, -0.2) is 14.4 Å². The van der Waals surface area contributed by atoms with Crippen LogP contribution in [-0.2, 0) is 11.2 Å². The number of carbonyl (C=O) groups excluding carboxylic acids is 1. The molecule has 172 valence electrons. The molecule has 5 rings (SSSR count). The van der Waals surface area contributed by atoms with Crippen molar-refractivity contribution in [2.24, 2.45) is 0 Å². The number of hydrogen-bond donors (Lipinski definition) is 1. The second-order valence-corrected chi connectivity index (χ2v) is 8.19. The molecule has 34 heavy (non-hydrogen) atoms. The van der Waals surface area contributed by atoms with E-state index in [-0.39, 0.29) is 17.7 Å². The molecule has 3 heterocycles. The number of nitrogen functional groups attached to an aromatic ring is 1. The van der Waals surface area contributed by atoms with Crippen molar-refractivity contribution in [2.75, 3.05) is 36.8 Å². The molecule has 0 radical (unpaired) electrons. The van der Waals surface area contributed by atoms with Gasteiger partial charge in [0, 0.05) is 38.2 Å². The first-order chi connectivity index (χ1) is 16.6. The first-order valence-electron chi connectivity index (χ1n) is 11.2. The number of amides is 1. The van der Waals surface area contributed by atoms with E-state index in [0.717, 1.165) is 17.5 Å². The van der Waals surface area contributed by atoms with E-state index in [1.165, 1.54) is 12.1 Å². The smallest absolute Gasteiger partial charge is 0.224 e. The molecule has 2 aromatic carbocycles. The number of aromatic nitrogens is 4. The minimum absolute atomic E-state index is 0.118. The molecular weight excluding hydrogens is 433 g/mol. The van der Waals surface area contributed by atoms with Crippen LogP contribution in [0.2, 0.25) is 0 Å². The average Bonchev–Trinajstić information content (AvgIpc) is 2.88. The maximum absolute atomic E-state index is 13.3. The maximum atomic E-state index is 13.3. The zero-order valence-corrected chi connectivity index (χ0v) is 18.6. The highest BCUT2D eigenvalue weighted by atomic mass is 19.1. The molecule has 1 fully saturated rings. The number of rotatable bonds is 5. The monoisotopic (exact) mass is 457 g/mol. The van der Waals surface area contributed by atoms with E-state index in [4.69, 9.17) is 10.7 Å². The van der Waals surface area contributed by atoms with Gasteiger partial charge in [0.05, 0.1) is 11.9 Å². The summed E-state index contributed by atoms with van der Waals surface area (Å²) in [6, 6.07) is 16.1. The molecule has 0 spiro atoms. The van der Waals surface area contributed by atoms with Gasteiger partial charge in [-0.2, -0.15) is 9.97 Å². The van der Waals surface area contributed by atoms with Crippen LogP contribution in [0.15, 0.2) is 60.8 Å². The molecule has 1 aliphatic heterocycles. The Morgan fingerprint density at radius 2 is 1.68 bits per heavy atom. The van der Waals surface area contributed by atoms with Gasteiger partial charge >= 0.3 is 0 Å². The predicted molar refractivity (Wildman–Crippen MR) is 128 cm³/mol. The number of anilines is 2. The van der Waals surface area contributed by atoms with E-state index in [0.29, 0.717) is 55.3 Å². The highest BCUT2D eigenvalue weighted by molar-refractivity contribution is 5.86. The van der Waals surface area contributed by atoms with Crippen molar-refractivity contribution < 1.29 is 9.18 Å². The molecule has 0 aliphatic carbocycles. The number of aryl methyl sites for hydroxylation is 1. The summed E-state index contributed by atoms with van der Waals surface area (Å²) in [6.45, 7) is 2.38. The van der Waals surface area contributed by atoms with Crippen LogP contribution >= 0.6 is 0 Å². The lowest BCUT2D eigenvalue weighted by Crippen LogP contribution is -2.49. The minimum atomic E-state index is -0.314. The number of nitrogens with two attached hydrogens (primary N) is 1. The van der Waals surface area contributed by atoms with Gasteiger partial charge in [-0.1, -0.05) is 30.3 Å². The van der Waals surface area contributed by atoms with E-state index < -0.39 is 0 Å². The maximum Gasteiger partial charge on any atom is 0.224 e. The Kier molecular flexibility index (Phi) is 5.99. The summed E-state index contributed by atoms with van der Waals surface area (Å²) < 4.78 is 13.3. The molecule has 0 bridgehead atoms. The molecule has 0 atom stereocenters. The van der Waals surface area contributed by atoms with Crippen LogP contribution in [0.5, 0.6) is 0 Å². The lowest BCUT2D eigenvalue weighted by atomic mass is 10.1. The second kappa shape index (κ2) is 9.38. The molecule has 1 saturated heterocycles. The number of carbonyl (C=O) groups is 1.